The van der Waals surface area contributed by atoms with Gasteiger partial charge in [0, 0.05) is 11.8 Å². The SMILES string of the molecule is COc1ccc(CCCOc2ccc(-c3ncccc3C(=O)O)cc2C#N)cc1. The topological polar surface area (TPSA) is 92.4 Å². The van der Waals surface area contributed by atoms with Gasteiger partial charge in [0.25, 0.3) is 0 Å². The molecule has 0 aliphatic heterocycles. The first kappa shape index (κ1) is 19.9. The Bertz CT molecular complexity index is 1040. The lowest BCUT2D eigenvalue weighted by Crippen LogP contribution is -2.03. The van der Waals surface area contributed by atoms with Crippen molar-refractivity contribution in [1.82, 2.24) is 4.98 Å². The highest BCUT2D eigenvalue weighted by Crippen LogP contribution is 2.27. The molecule has 2 aromatic carbocycles. The lowest BCUT2D eigenvalue weighted by Gasteiger charge is -2.10. The molecule has 146 valence electrons. The Morgan fingerprint density at radius 3 is 2.66 bits per heavy atom. The molecule has 1 heterocycles. The summed E-state index contributed by atoms with van der Waals surface area (Å²) in [5.41, 5.74) is 2.49. The smallest absolute Gasteiger partial charge is 0.337 e. The van der Waals surface area contributed by atoms with Gasteiger partial charge in [-0.1, -0.05) is 12.1 Å². The molecular weight excluding hydrogens is 368 g/mol. The van der Waals surface area contributed by atoms with Crippen molar-refractivity contribution in [2.75, 3.05) is 13.7 Å². The molecule has 1 aromatic heterocycles. The van der Waals surface area contributed by atoms with Crippen molar-refractivity contribution in [3.05, 3.63) is 77.5 Å². The van der Waals surface area contributed by atoms with Crippen LogP contribution in [0, 0.1) is 11.3 Å². The number of carbonyl (C=O) groups is 1. The minimum absolute atomic E-state index is 0.0875. The Hall–Kier alpha value is -3.85. The third kappa shape index (κ3) is 4.90. The third-order valence-electron chi connectivity index (χ3n) is 4.44. The van der Waals surface area contributed by atoms with E-state index >= 15 is 0 Å². The second kappa shape index (κ2) is 9.38. The van der Waals surface area contributed by atoms with E-state index in [0.29, 0.717) is 29.2 Å². The molecule has 0 saturated carbocycles. The van der Waals surface area contributed by atoms with Gasteiger partial charge in [0.15, 0.2) is 0 Å². The van der Waals surface area contributed by atoms with E-state index in [1.54, 1.807) is 31.4 Å². The molecule has 0 fully saturated rings. The van der Waals surface area contributed by atoms with Crippen LogP contribution in [0.15, 0.2) is 60.8 Å². The third-order valence-corrected chi connectivity index (χ3v) is 4.44. The lowest BCUT2D eigenvalue weighted by atomic mass is 10.0. The van der Waals surface area contributed by atoms with E-state index in [1.165, 1.54) is 17.8 Å². The van der Waals surface area contributed by atoms with Gasteiger partial charge >= 0.3 is 5.97 Å². The second-order valence-electron chi connectivity index (χ2n) is 6.33. The van der Waals surface area contributed by atoms with Crippen LogP contribution in [0.25, 0.3) is 11.3 Å². The summed E-state index contributed by atoms with van der Waals surface area (Å²) in [6.07, 6.45) is 3.17. The molecule has 6 heteroatoms. The van der Waals surface area contributed by atoms with Gasteiger partial charge in [0.05, 0.1) is 30.5 Å². The first-order valence-corrected chi connectivity index (χ1v) is 9.11. The zero-order valence-corrected chi connectivity index (χ0v) is 16.0. The minimum Gasteiger partial charge on any atom is -0.497 e. The van der Waals surface area contributed by atoms with E-state index in [2.05, 4.69) is 11.1 Å². The average Bonchev–Trinajstić information content (AvgIpc) is 2.77. The van der Waals surface area contributed by atoms with Gasteiger partial charge in [-0.3, -0.25) is 4.98 Å². The Labute approximate surface area is 169 Å². The molecular formula is C23H20N2O4. The number of rotatable bonds is 8. The van der Waals surface area contributed by atoms with Crippen LogP contribution < -0.4 is 9.47 Å². The van der Waals surface area contributed by atoms with E-state index in [0.717, 1.165) is 18.6 Å². The maximum Gasteiger partial charge on any atom is 0.337 e. The van der Waals surface area contributed by atoms with Gasteiger partial charge in [-0.2, -0.15) is 5.26 Å². The predicted molar refractivity (Wildman–Crippen MR) is 108 cm³/mol. The molecule has 0 bridgehead atoms. The van der Waals surface area contributed by atoms with Crippen molar-refractivity contribution in [2.24, 2.45) is 0 Å². The van der Waals surface area contributed by atoms with Crippen LogP contribution in [0.2, 0.25) is 0 Å². The van der Waals surface area contributed by atoms with Crippen molar-refractivity contribution in [2.45, 2.75) is 12.8 Å². The van der Waals surface area contributed by atoms with Crippen molar-refractivity contribution in [1.29, 1.82) is 5.26 Å². The predicted octanol–water partition coefficient (Wildman–Crippen LogP) is 4.34. The van der Waals surface area contributed by atoms with E-state index in [4.69, 9.17) is 9.47 Å². The van der Waals surface area contributed by atoms with Gasteiger partial charge in [-0.15, -0.1) is 0 Å². The van der Waals surface area contributed by atoms with E-state index in [9.17, 15) is 15.2 Å². The average molecular weight is 388 g/mol. The Balaban J connectivity index is 1.66. The maximum absolute atomic E-state index is 11.4. The number of pyridine rings is 1. The van der Waals surface area contributed by atoms with Gasteiger partial charge in [-0.25, -0.2) is 4.79 Å². The quantitative estimate of drug-likeness (QED) is 0.577. The number of aromatic nitrogens is 1. The molecule has 0 saturated heterocycles. The molecule has 0 aliphatic rings. The molecule has 0 radical (unpaired) electrons. The van der Waals surface area contributed by atoms with Crippen molar-refractivity contribution in [3.63, 3.8) is 0 Å². The molecule has 0 spiro atoms. The number of benzene rings is 2. The first-order valence-electron chi connectivity index (χ1n) is 9.11. The molecule has 0 atom stereocenters. The molecule has 6 nitrogen and oxygen atoms in total. The fraction of sp³-hybridized carbons (Fsp3) is 0.174. The molecule has 0 unspecified atom stereocenters. The van der Waals surface area contributed by atoms with Crippen LogP contribution in [0.1, 0.15) is 27.9 Å². The Morgan fingerprint density at radius 1 is 1.17 bits per heavy atom. The number of nitriles is 1. The van der Waals surface area contributed by atoms with Crippen LogP contribution in [-0.4, -0.2) is 29.8 Å². The number of aryl methyl sites for hydroxylation is 1. The zero-order valence-electron chi connectivity index (χ0n) is 16.0. The van der Waals surface area contributed by atoms with Crippen LogP contribution in [-0.2, 0) is 6.42 Å². The van der Waals surface area contributed by atoms with Crippen molar-refractivity contribution in [3.8, 4) is 28.8 Å². The Morgan fingerprint density at radius 2 is 1.97 bits per heavy atom. The number of aromatic carboxylic acids is 1. The molecule has 3 rings (SSSR count). The maximum atomic E-state index is 11.4. The summed E-state index contributed by atoms with van der Waals surface area (Å²) in [5, 5.41) is 18.8. The summed E-state index contributed by atoms with van der Waals surface area (Å²) < 4.78 is 10.9. The largest absolute Gasteiger partial charge is 0.497 e. The number of hydrogen-bond acceptors (Lipinski definition) is 5. The van der Waals surface area contributed by atoms with Crippen molar-refractivity contribution < 1.29 is 19.4 Å². The van der Waals surface area contributed by atoms with Crippen LogP contribution in [0.5, 0.6) is 11.5 Å². The summed E-state index contributed by atoms with van der Waals surface area (Å²) in [4.78, 5) is 15.6. The summed E-state index contributed by atoms with van der Waals surface area (Å²) in [6.45, 7) is 0.462. The first-order chi connectivity index (χ1) is 14.1. The van der Waals surface area contributed by atoms with E-state index in [1.807, 2.05) is 24.3 Å². The summed E-state index contributed by atoms with van der Waals surface area (Å²) in [6, 6.07) is 18.0. The molecule has 3 aromatic rings. The highest BCUT2D eigenvalue weighted by molar-refractivity contribution is 5.94. The molecule has 0 amide bonds. The number of hydrogen-bond donors (Lipinski definition) is 1. The highest BCUT2D eigenvalue weighted by Gasteiger charge is 2.14. The number of methoxy groups -OCH3 is 1. The fourth-order valence-corrected chi connectivity index (χ4v) is 2.95. The van der Waals surface area contributed by atoms with Gasteiger partial charge in [0.1, 0.15) is 17.6 Å². The summed E-state index contributed by atoms with van der Waals surface area (Å²) in [5.74, 6) is 0.229. The highest BCUT2D eigenvalue weighted by atomic mass is 16.5. The number of carboxylic acid groups (broad SMARTS) is 1. The van der Waals surface area contributed by atoms with Crippen molar-refractivity contribution >= 4 is 5.97 Å². The monoisotopic (exact) mass is 388 g/mol. The summed E-state index contributed by atoms with van der Waals surface area (Å²) in [7, 11) is 1.64. The number of nitrogens with zero attached hydrogens (tertiary/aromatic N) is 2. The van der Waals surface area contributed by atoms with Gasteiger partial charge < -0.3 is 14.6 Å². The standard InChI is InChI=1S/C23H20N2O4/c1-28-19-9-6-16(7-10-19)4-3-13-29-21-11-8-17(14-18(21)15-24)22-20(23(26)27)5-2-12-25-22/h2,5-12,14H,3-4,13H2,1H3,(H,26,27). The lowest BCUT2D eigenvalue weighted by molar-refractivity contribution is 0.0697. The molecule has 29 heavy (non-hydrogen) atoms. The fourth-order valence-electron chi connectivity index (χ4n) is 2.95. The van der Waals surface area contributed by atoms with Crippen LogP contribution >= 0.6 is 0 Å². The second-order valence-corrected chi connectivity index (χ2v) is 6.33. The number of carboxylic acids is 1. The Kier molecular flexibility index (Phi) is 6.43. The normalized spacial score (nSPS) is 10.2. The van der Waals surface area contributed by atoms with Crippen LogP contribution in [0.4, 0.5) is 0 Å². The number of ether oxygens (including phenoxy) is 2. The summed E-state index contributed by atoms with van der Waals surface area (Å²) >= 11 is 0. The van der Waals surface area contributed by atoms with E-state index in [-0.39, 0.29) is 5.56 Å². The van der Waals surface area contributed by atoms with Gasteiger partial charge in [-0.05, 0) is 60.9 Å². The van der Waals surface area contributed by atoms with E-state index < -0.39 is 5.97 Å². The zero-order chi connectivity index (χ0) is 20.6. The van der Waals surface area contributed by atoms with Crippen LogP contribution in [0.3, 0.4) is 0 Å². The minimum atomic E-state index is -1.06. The molecule has 1 N–H and O–H groups in total. The molecule has 0 aliphatic carbocycles. The van der Waals surface area contributed by atoms with Gasteiger partial charge in [0.2, 0.25) is 0 Å².